The lowest BCUT2D eigenvalue weighted by Gasteiger charge is -2.26. The van der Waals surface area contributed by atoms with Gasteiger partial charge in [0.2, 0.25) is 0 Å². The molecule has 2 aromatic rings. The lowest BCUT2D eigenvalue weighted by Crippen LogP contribution is -2.36. The molecule has 2 aromatic carbocycles. The first kappa shape index (κ1) is 24.1. The Morgan fingerprint density at radius 2 is 2.00 bits per heavy atom. The maximum atomic E-state index is 13.5. The highest BCUT2D eigenvalue weighted by atomic mass is 16.5. The first-order chi connectivity index (χ1) is 15.5. The van der Waals surface area contributed by atoms with E-state index < -0.39 is 0 Å². The van der Waals surface area contributed by atoms with Crippen LogP contribution in [0.1, 0.15) is 61.5 Å². The summed E-state index contributed by atoms with van der Waals surface area (Å²) in [5.41, 5.74) is 4.16. The number of nitrogens with zero attached hydrogens (tertiary/aromatic N) is 2. The zero-order chi connectivity index (χ0) is 22.9. The molecule has 0 spiro atoms. The molecule has 1 heterocycles. The van der Waals surface area contributed by atoms with Crippen molar-refractivity contribution in [2.75, 3.05) is 33.3 Å². The van der Waals surface area contributed by atoms with Gasteiger partial charge in [0.1, 0.15) is 5.75 Å². The van der Waals surface area contributed by atoms with E-state index in [1.807, 2.05) is 41.3 Å². The topological polar surface area (TPSA) is 32.8 Å². The smallest absolute Gasteiger partial charge is 0.254 e. The zero-order valence-electron chi connectivity index (χ0n) is 20.1. The number of carbonyl (C=O) groups excluding carboxylic acids is 1. The second kappa shape index (κ2) is 11.9. The van der Waals surface area contributed by atoms with E-state index in [9.17, 15) is 4.79 Å². The van der Waals surface area contributed by atoms with Crippen LogP contribution in [-0.4, -0.2) is 55.0 Å². The number of likely N-dealkylation sites (tertiary alicyclic amines) is 1. The molecule has 1 amide bonds. The van der Waals surface area contributed by atoms with E-state index in [4.69, 9.17) is 4.74 Å². The van der Waals surface area contributed by atoms with Gasteiger partial charge in [-0.1, -0.05) is 55.0 Å². The zero-order valence-corrected chi connectivity index (χ0v) is 20.1. The van der Waals surface area contributed by atoms with Crippen LogP contribution in [0.25, 0.3) is 6.08 Å². The molecule has 0 aromatic heterocycles. The SMILES string of the molecule is CCc1ccc(C(=O)N(CCCN2CCCC2C)C/C(C)=C/c2ccccc2)cc1OC. The molecule has 4 heteroatoms. The summed E-state index contributed by atoms with van der Waals surface area (Å²) in [4.78, 5) is 18.1. The number of ether oxygens (including phenoxy) is 1. The van der Waals surface area contributed by atoms with Crippen molar-refractivity contribution in [1.82, 2.24) is 9.80 Å². The second-order valence-electron chi connectivity index (χ2n) is 8.89. The molecule has 1 unspecified atom stereocenters. The molecule has 1 fully saturated rings. The van der Waals surface area contributed by atoms with Gasteiger partial charge in [-0.2, -0.15) is 0 Å². The number of aryl methyl sites for hydroxylation is 1. The van der Waals surface area contributed by atoms with Crippen LogP contribution in [0.2, 0.25) is 0 Å². The standard InChI is InChI=1S/C28H38N2O2/c1-5-25-14-15-26(20-27(25)32-4)28(31)30(18-10-17-29-16-9-11-23(29)3)21-22(2)19-24-12-7-6-8-13-24/h6-8,12-15,19-20,23H,5,9-11,16-18,21H2,1-4H3/b22-19+. The Morgan fingerprint density at radius 1 is 1.22 bits per heavy atom. The molecular formula is C28H38N2O2. The summed E-state index contributed by atoms with van der Waals surface area (Å²) >= 11 is 0. The van der Waals surface area contributed by atoms with E-state index in [1.54, 1.807) is 7.11 Å². The largest absolute Gasteiger partial charge is 0.496 e. The van der Waals surface area contributed by atoms with Gasteiger partial charge in [-0.15, -0.1) is 0 Å². The molecule has 3 rings (SSSR count). The third-order valence-electron chi connectivity index (χ3n) is 6.42. The van der Waals surface area contributed by atoms with Crippen LogP contribution in [0.5, 0.6) is 5.75 Å². The van der Waals surface area contributed by atoms with Crippen molar-refractivity contribution < 1.29 is 9.53 Å². The van der Waals surface area contributed by atoms with Gasteiger partial charge in [0, 0.05) is 31.2 Å². The van der Waals surface area contributed by atoms with Gasteiger partial charge in [-0.25, -0.2) is 0 Å². The van der Waals surface area contributed by atoms with Gasteiger partial charge in [0.05, 0.1) is 7.11 Å². The first-order valence-electron chi connectivity index (χ1n) is 11.9. The number of amides is 1. The molecule has 0 bridgehead atoms. The first-order valence-corrected chi connectivity index (χ1v) is 11.9. The molecule has 0 saturated carbocycles. The van der Waals surface area contributed by atoms with Crippen LogP contribution in [0, 0.1) is 0 Å². The number of benzene rings is 2. The third kappa shape index (κ3) is 6.46. The molecule has 172 valence electrons. The Morgan fingerprint density at radius 3 is 2.66 bits per heavy atom. The monoisotopic (exact) mass is 434 g/mol. The Labute approximate surface area is 193 Å². The van der Waals surface area contributed by atoms with Crippen molar-refractivity contribution in [1.29, 1.82) is 0 Å². The lowest BCUT2D eigenvalue weighted by atomic mass is 10.1. The van der Waals surface area contributed by atoms with Gasteiger partial charge < -0.3 is 14.5 Å². The Kier molecular flexibility index (Phi) is 8.92. The van der Waals surface area contributed by atoms with Crippen LogP contribution in [0.15, 0.2) is 54.1 Å². The summed E-state index contributed by atoms with van der Waals surface area (Å²) in [7, 11) is 1.67. The van der Waals surface area contributed by atoms with Crippen LogP contribution in [0.4, 0.5) is 0 Å². The maximum Gasteiger partial charge on any atom is 0.254 e. The summed E-state index contributed by atoms with van der Waals surface area (Å²) in [5, 5.41) is 0. The number of carbonyl (C=O) groups is 1. The number of hydrogen-bond donors (Lipinski definition) is 0. The molecule has 4 nitrogen and oxygen atoms in total. The fourth-order valence-corrected chi connectivity index (χ4v) is 4.57. The van der Waals surface area contributed by atoms with E-state index in [1.165, 1.54) is 25.0 Å². The quantitative estimate of drug-likeness (QED) is 0.482. The highest BCUT2D eigenvalue weighted by molar-refractivity contribution is 5.95. The highest BCUT2D eigenvalue weighted by Crippen LogP contribution is 2.23. The van der Waals surface area contributed by atoms with Crippen LogP contribution < -0.4 is 4.74 Å². The maximum absolute atomic E-state index is 13.5. The van der Waals surface area contributed by atoms with Gasteiger partial charge >= 0.3 is 0 Å². The van der Waals surface area contributed by atoms with E-state index in [-0.39, 0.29) is 5.91 Å². The minimum absolute atomic E-state index is 0.0706. The average Bonchev–Trinajstić information content (AvgIpc) is 3.22. The Hall–Kier alpha value is -2.59. The normalized spacial score (nSPS) is 16.9. The predicted molar refractivity (Wildman–Crippen MR) is 133 cm³/mol. The molecule has 32 heavy (non-hydrogen) atoms. The van der Waals surface area contributed by atoms with Gasteiger partial charge in [-0.3, -0.25) is 4.79 Å². The van der Waals surface area contributed by atoms with Crippen molar-refractivity contribution in [3.63, 3.8) is 0 Å². The van der Waals surface area contributed by atoms with Crippen molar-refractivity contribution in [3.8, 4) is 5.75 Å². The van der Waals surface area contributed by atoms with Crippen LogP contribution >= 0.6 is 0 Å². The summed E-state index contributed by atoms with van der Waals surface area (Å²) in [6, 6.07) is 16.8. The minimum Gasteiger partial charge on any atom is -0.496 e. The van der Waals surface area contributed by atoms with Gasteiger partial charge in [-0.05, 0) is 69.3 Å². The predicted octanol–water partition coefficient (Wildman–Crippen LogP) is 5.68. The third-order valence-corrected chi connectivity index (χ3v) is 6.42. The van der Waals surface area contributed by atoms with Crippen LogP contribution in [-0.2, 0) is 6.42 Å². The van der Waals surface area contributed by atoms with Gasteiger partial charge in [0.25, 0.3) is 5.91 Å². The van der Waals surface area contributed by atoms with Gasteiger partial charge in [0.15, 0.2) is 0 Å². The second-order valence-corrected chi connectivity index (χ2v) is 8.89. The number of methoxy groups -OCH3 is 1. The van der Waals surface area contributed by atoms with Crippen molar-refractivity contribution in [2.45, 2.75) is 52.5 Å². The Balaban J connectivity index is 1.75. The number of rotatable bonds is 10. The molecular weight excluding hydrogens is 396 g/mol. The molecule has 1 aliphatic rings. The molecule has 0 radical (unpaired) electrons. The molecule has 0 N–H and O–H groups in total. The fourth-order valence-electron chi connectivity index (χ4n) is 4.57. The molecule has 1 saturated heterocycles. The summed E-state index contributed by atoms with van der Waals surface area (Å²) in [6.07, 6.45) is 6.61. The average molecular weight is 435 g/mol. The Bertz CT molecular complexity index is 907. The molecule has 1 atom stereocenters. The molecule has 1 aliphatic heterocycles. The molecule has 0 aliphatic carbocycles. The highest BCUT2D eigenvalue weighted by Gasteiger charge is 2.21. The fraction of sp³-hybridized carbons (Fsp3) is 0.464. The van der Waals surface area contributed by atoms with E-state index in [2.05, 4.69) is 43.9 Å². The van der Waals surface area contributed by atoms with E-state index >= 15 is 0 Å². The van der Waals surface area contributed by atoms with E-state index in [0.29, 0.717) is 18.2 Å². The van der Waals surface area contributed by atoms with Crippen LogP contribution in [0.3, 0.4) is 0 Å². The lowest BCUT2D eigenvalue weighted by molar-refractivity contribution is 0.0762. The summed E-state index contributed by atoms with van der Waals surface area (Å²) in [5.74, 6) is 0.863. The van der Waals surface area contributed by atoms with Crippen molar-refractivity contribution in [3.05, 3.63) is 70.8 Å². The summed E-state index contributed by atoms with van der Waals surface area (Å²) < 4.78 is 5.54. The number of hydrogen-bond acceptors (Lipinski definition) is 3. The van der Waals surface area contributed by atoms with Crippen molar-refractivity contribution >= 4 is 12.0 Å². The summed E-state index contributed by atoms with van der Waals surface area (Å²) in [6.45, 7) is 10.1. The van der Waals surface area contributed by atoms with E-state index in [0.717, 1.165) is 42.8 Å². The minimum atomic E-state index is 0.0706. The van der Waals surface area contributed by atoms with Crippen molar-refractivity contribution in [2.24, 2.45) is 0 Å².